The minimum atomic E-state index is -0.808. The zero-order valence-corrected chi connectivity index (χ0v) is 20.8. The molecule has 0 atom stereocenters. The molecule has 5 heterocycles. The first kappa shape index (κ1) is 23.9. The lowest BCUT2D eigenvalue weighted by Gasteiger charge is -2.22. The van der Waals surface area contributed by atoms with Crippen LogP contribution in [0, 0.1) is 11.6 Å². The van der Waals surface area contributed by atoms with E-state index in [4.69, 9.17) is 21.1 Å². The Morgan fingerprint density at radius 3 is 2.63 bits per heavy atom. The summed E-state index contributed by atoms with van der Waals surface area (Å²) in [4.78, 5) is 31.0. The fraction of sp³-hybridized carbons (Fsp3) is 0.200. The predicted molar refractivity (Wildman–Crippen MR) is 133 cm³/mol. The van der Waals surface area contributed by atoms with Crippen molar-refractivity contribution in [3.8, 4) is 34.3 Å². The molecule has 2 bridgehead atoms. The Bertz CT molecular complexity index is 1770. The maximum Gasteiger partial charge on any atom is 0.356 e. The third kappa shape index (κ3) is 3.76. The molecule has 1 aliphatic heterocycles. The van der Waals surface area contributed by atoms with Crippen LogP contribution < -0.4 is 15.2 Å². The third-order valence-corrected chi connectivity index (χ3v) is 6.29. The highest BCUT2D eigenvalue weighted by Gasteiger charge is 2.27. The van der Waals surface area contributed by atoms with Crippen molar-refractivity contribution < 1.29 is 18.3 Å². The number of halogens is 3. The van der Waals surface area contributed by atoms with Crippen LogP contribution >= 0.6 is 11.6 Å². The van der Waals surface area contributed by atoms with Crippen LogP contribution in [-0.2, 0) is 0 Å². The van der Waals surface area contributed by atoms with Gasteiger partial charge in [-0.3, -0.25) is 4.98 Å². The van der Waals surface area contributed by atoms with Crippen LogP contribution in [0.4, 0.5) is 8.78 Å². The molecule has 1 aromatic carbocycles. The van der Waals surface area contributed by atoms with E-state index < -0.39 is 17.3 Å². The highest BCUT2D eigenvalue weighted by Crippen LogP contribution is 2.40. The van der Waals surface area contributed by atoms with Gasteiger partial charge in [0.1, 0.15) is 43.1 Å². The van der Waals surface area contributed by atoms with Crippen molar-refractivity contribution in [1.29, 1.82) is 0 Å². The Kier molecular flexibility index (Phi) is 5.75. The first-order valence-electron chi connectivity index (χ1n) is 11.6. The Morgan fingerprint density at radius 1 is 1.08 bits per heavy atom. The number of hydrogen-bond donors (Lipinski definition) is 0. The molecule has 0 saturated heterocycles. The summed E-state index contributed by atoms with van der Waals surface area (Å²) in [6.07, 6.45) is 4.21. The number of aromatic nitrogens is 7. The molecule has 0 radical (unpaired) electrons. The van der Waals surface area contributed by atoms with Crippen LogP contribution in [0.5, 0.6) is 11.5 Å². The molecular formula is C25H18ClF2N7O3. The standard InChI is InChI=1S/C25H18ClF2N7O3/c1-12(2)19-21-17(5-6-30-19)37-7-8-38-22-16(28)4-3-15(27)18(22)20-14(26)9-13-23(34-11-29-10-31-34)33-25(36)35(21)24(13)32-20/h3-6,9-12H,7-8H2,1-2H3. The molecule has 10 nitrogen and oxygen atoms in total. The number of benzene rings is 1. The van der Waals surface area contributed by atoms with E-state index in [0.29, 0.717) is 22.5 Å². The van der Waals surface area contributed by atoms with Crippen molar-refractivity contribution >= 4 is 22.6 Å². The van der Waals surface area contributed by atoms with E-state index in [-0.39, 0.29) is 52.6 Å². The van der Waals surface area contributed by atoms with Crippen LogP contribution in [0.25, 0.3) is 33.8 Å². The third-order valence-electron chi connectivity index (χ3n) is 6.01. The van der Waals surface area contributed by atoms with Gasteiger partial charge < -0.3 is 9.47 Å². The Labute approximate surface area is 218 Å². The summed E-state index contributed by atoms with van der Waals surface area (Å²) >= 11 is 6.63. The van der Waals surface area contributed by atoms with Crippen molar-refractivity contribution in [2.75, 3.05) is 13.2 Å². The zero-order valence-electron chi connectivity index (χ0n) is 20.0. The van der Waals surface area contributed by atoms with Gasteiger partial charge in [0.05, 0.1) is 27.4 Å². The SMILES string of the molecule is CC(C)c1nccc2c1-n1c(=O)nc(-n3cncn3)c3cc(Cl)c(nc31)-c1c(F)ccc(F)c1OCCO2. The molecule has 192 valence electrons. The number of ether oxygens (including phenoxy) is 2. The van der Waals surface area contributed by atoms with Crippen molar-refractivity contribution in [2.24, 2.45) is 0 Å². The van der Waals surface area contributed by atoms with Gasteiger partial charge in [-0.2, -0.15) is 10.1 Å². The van der Waals surface area contributed by atoms with Gasteiger partial charge in [0, 0.05) is 12.3 Å². The summed E-state index contributed by atoms with van der Waals surface area (Å²) in [5, 5.41) is 4.36. The summed E-state index contributed by atoms with van der Waals surface area (Å²) in [7, 11) is 0. The second-order valence-corrected chi connectivity index (χ2v) is 9.12. The van der Waals surface area contributed by atoms with E-state index in [1.165, 1.54) is 28.0 Å². The van der Waals surface area contributed by atoms with Crippen LogP contribution in [0.1, 0.15) is 25.5 Å². The molecule has 4 aromatic heterocycles. The van der Waals surface area contributed by atoms with E-state index in [1.807, 2.05) is 13.8 Å². The lowest BCUT2D eigenvalue weighted by molar-refractivity contribution is 0.211. The van der Waals surface area contributed by atoms with E-state index in [9.17, 15) is 9.18 Å². The maximum absolute atomic E-state index is 15.2. The van der Waals surface area contributed by atoms with Gasteiger partial charge in [0.25, 0.3) is 0 Å². The second kappa shape index (κ2) is 9.14. The molecule has 0 aliphatic carbocycles. The highest BCUT2D eigenvalue weighted by molar-refractivity contribution is 6.34. The summed E-state index contributed by atoms with van der Waals surface area (Å²) in [6.45, 7) is 3.66. The van der Waals surface area contributed by atoms with Gasteiger partial charge in [-0.25, -0.2) is 32.8 Å². The largest absolute Gasteiger partial charge is 0.488 e. The molecule has 0 fully saturated rings. The van der Waals surface area contributed by atoms with Gasteiger partial charge in [-0.1, -0.05) is 25.4 Å². The van der Waals surface area contributed by atoms with Gasteiger partial charge in [-0.05, 0) is 24.1 Å². The molecule has 13 heteroatoms. The van der Waals surface area contributed by atoms with E-state index in [0.717, 1.165) is 12.1 Å². The molecule has 5 aromatic rings. The molecular weight excluding hydrogens is 520 g/mol. The molecule has 0 unspecified atom stereocenters. The summed E-state index contributed by atoms with van der Waals surface area (Å²) in [6, 6.07) is 4.97. The van der Waals surface area contributed by atoms with Crippen molar-refractivity contribution in [3.05, 3.63) is 76.0 Å². The molecule has 0 amide bonds. The van der Waals surface area contributed by atoms with Crippen LogP contribution in [0.15, 0.2) is 47.9 Å². The van der Waals surface area contributed by atoms with Crippen molar-refractivity contribution in [3.63, 3.8) is 0 Å². The molecule has 38 heavy (non-hydrogen) atoms. The van der Waals surface area contributed by atoms with Gasteiger partial charge in [0.15, 0.2) is 23.0 Å². The van der Waals surface area contributed by atoms with Crippen molar-refractivity contribution in [2.45, 2.75) is 19.8 Å². The fourth-order valence-corrected chi connectivity index (χ4v) is 4.63. The monoisotopic (exact) mass is 537 g/mol. The number of pyridine rings is 2. The first-order valence-corrected chi connectivity index (χ1v) is 11.9. The number of rotatable bonds is 2. The number of hydrogen-bond acceptors (Lipinski definition) is 8. The fourth-order valence-electron chi connectivity index (χ4n) is 4.38. The molecule has 0 N–H and O–H groups in total. The highest BCUT2D eigenvalue weighted by atomic mass is 35.5. The Balaban J connectivity index is 1.83. The molecule has 0 spiro atoms. The van der Waals surface area contributed by atoms with Gasteiger partial charge >= 0.3 is 5.69 Å². The Hall–Kier alpha value is -4.45. The minimum Gasteiger partial charge on any atom is -0.488 e. The first-order chi connectivity index (χ1) is 18.3. The van der Waals surface area contributed by atoms with Crippen LogP contribution in [-0.4, -0.2) is 47.5 Å². The summed E-state index contributed by atoms with van der Waals surface area (Å²) in [5.41, 5.74) is -0.229. The average Bonchev–Trinajstić information content (AvgIpc) is 3.42. The summed E-state index contributed by atoms with van der Waals surface area (Å²) in [5.74, 6) is -1.71. The van der Waals surface area contributed by atoms with Gasteiger partial charge in [0.2, 0.25) is 0 Å². The van der Waals surface area contributed by atoms with Crippen LogP contribution in [0.3, 0.4) is 0 Å². The quantitative estimate of drug-likeness (QED) is 0.329. The van der Waals surface area contributed by atoms with E-state index in [2.05, 4.69) is 25.0 Å². The molecule has 6 rings (SSSR count). The predicted octanol–water partition coefficient (Wildman–Crippen LogP) is 4.25. The van der Waals surface area contributed by atoms with Gasteiger partial charge in [-0.15, -0.1) is 0 Å². The van der Waals surface area contributed by atoms with E-state index in [1.54, 1.807) is 12.3 Å². The topological polar surface area (TPSA) is 110 Å². The summed E-state index contributed by atoms with van der Waals surface area (Å²) < 4.78 is 44.2. The zero-order chi connectivity index (χ0) is 26.6. The maximum atomic E-state index is 15.2. The molecule has 1 aliphatic rings. The number of fused-ring (bicyclic) bond motifs is 5. The second-order valence-electron chi connectivity index (χ2n) is 8.71. The number of nitrogens with zero attached hydrogens (tertiary/aromatic N) is 7. The lowest BCUT2D eigenvalue weighted by atomic mass is 10.1. The van der Waals surface area contributed by atoms with Crippen molar-refractivity contribution in [1.82, 2.24) is 34.3 Å². The smallest absolute Gasteiger partial charge is 0.356 e. The normalized spacial score (nSPS) is 12.9. The lowest BCUT2D eigenvalue weighted by Crippen LogP contribution is -2.27. The minimum absolute atomic E-state index is 0.0241. The average molecular weight is 538 g/mol. The Morgan fingerprint density at radius 2 is 1.87 bits per heavy atom. The van der Waals surface area contributed by atoms with Crippen LogP contribution in [0.2, 0.25) is 5.02 Å². The molecule has 0 saturated carbocycles. The van der Waals surface area contributed by atoms with E-state index >= 15 is 4.39 Å².